The predicted octanol–water partition coefficient (Wildman–Crippen LogP) is 1.78. The van der Waals surface area contributed by atoms with E-state index in [0.717, 1.165) is 5.56 Å². The van der Waals surface area contributed by atoms with Crippen LogP contribution in [0.1, 0.15) is 5.56 Å². The van der Waals surface area contributed by atoms with Gasteiger partial charge < -0.3 is 15.4 Å². The quantitative estimate of drug-likeness (QED) is 0.829. The van der Waals surface area contributed by atoms with Gasteiger partial charge in [-0.15, -0.1) is 0 Å². The number of carbonyl (C=O) groups excluding carboxylic acids is 1. The normalized spacial score (nSPS) is 9.53. The van der Waals surface area contributed by atoms with Crippen molar-refractivity contribution in [2.45, 2.75) is 6.54 Å². The average molecular weight is 229 g/mol. The van der Waals surface area contributed by atoms with Crippen LogP contribution in [0.4, 0.5) is 4.79 Å². The van der Waals surface area contributed by atoms with Crippen LogP contribution in [0.15, 0.2) is 18.2 Å². The van der Waals surface area contributed by atoms with E-state index in [1.54, 1.807) is 32.4 Å². The van der Waals surface area contributed by atoms with Crippen molar-refractivity contribution in [3.8, 4) is 5.75 Å². The highest BCUT2D eigenvalue weighted by atomic mass is 35.5. The van der Waals surface area contributed by atoms with Gasteiger partial charge in [0.25, 0.3) is 0 Å². The number of hydrogen-bond donors (Lipinski definition) is 2. The molecule has 2 N–H and O–H groups in total. The maximum atomic E-state index is 11.0. The van der Waals surface area contributed by atoms with Crippen LogP contribution < -0.4 is 15.4 Å². The van der Waals surface area contributed by atoms with Gasteiger partial charge in [0.2, 0.25) is 0 Å². The first-order chi connectivity index (χ1) is 7.17. The summed E-state index contributed by atoms with van der Waals surface area (Å²) in [5.41, 5.74) is 0.841. The molecule has 0 bridgehead atoms. The highest BCUT2D eigenvalue weighted by molar-refractivity contribution is 6.30. The lowest BCUT2D eigenvalue weighted by Crippen LogP contribution is -2.32. The van der Waals surface area contributed by atoms with E-state index >= 15 is 0 Å². The Bertz CT molecular complexity index is 355. The molecule has 0 saturated carbocycles. The van der Waals surface area contributed by atoms with Crippen molar-refractivity contribution in [2.75, 3.05) is 14.2 Å². The van der Waals surface area contributed by atoms with Crippen LogP contribution in [0.25, 0.3) is 0 Å². The monoisotopic (exact) mass is 228 g/mol. The van der Waals surface area contributed by atoms with E-state index in [1.165, 1.54) is 0 Å². The van der Waals surface area contributed by atoms with Crippen LogP contribution in [-0.2, 0) is 6.54 Å². The van der Waals surface area contributed by atoms with Crippen molar-refractivity contribution in [2.24, 2.45) is 0 Å². The molecule has 0 radical (unpaired) electrons. The Hall–Kier alpha value is -1.42. The second-order valence-corrected chi connectivity index (χ2v) is 3.33. The molecule has 4 nitrogen and oxygen atoms in total. The van der Waals surface area contributed by atoms with Crippen molar-refractivity contribution >= 4 is 17.6 Å². The number of nitrogens with one attached hydrogen (secondary N) is 2. The number of carbonyl (C=O) groups is 1. The van der Waals surface area contributed by atoms with Gasteiger partial charge in [-0.3, -0.25) is 0 Å². The smallest absolute Gasteiger partial charge is 0.314 e. The van der Waals surface area contributed by atoms with Crippen LogP contribution in [-0.4, -0.2) is 20.2 Å². The summed E-state index contributed by atoms with van der Waals surface area (Å²) in [4.78, 5) is 11.0. The molecule has 0 saturated heterocycles. The predicted molar refractivity (Wildman–Crippen MR) is 59.3 cm³/mol. The molecule has 5 heteroatoms. The fraction of sp³-hybridized carbons (Fsp3) is 0.300. The molecule has 0 unspecified atom stereocenters. The molecule has 0 spiro atoms. The maximum Gasteiger partial charge on any atom is 0.314 e. The number of urea groups is 1. The lowest BCUT2D eigenvalue weighted by atomic mass is 10.2. The molecule has 0 aliphatic carbocycles. The van der Waals surface area contributed by atoms with E-state index in [4.69, 9.17) is 16.3 Å². The van der Waals surface area contributed by atoms with Crippen LogP contribution >= 0.6 is 11.6 Å². The molecule has 2 amide bonds. The average Bonchev–Trinajstić information content (AvgIpc) is 2.26. The Morgan fingerprint density at radius 2 is 2.27 bits per heavy atom. The first-order valence-electron chi connectivity index (χ1n) is 4.45. The number of amides is 2. The number of halogens is 1. The van der Waals surface area contributed by atoms with Crippen molar-refractivity contribution < 1.29 is 9.53 Å². The molecule has 82 valence electrons. The lowest BCUT2D eigenvalue weighted by Gasteiger charge is -2.09. The molecular formula is C10H13ClN2O2. The van der Waals surface area contributed by atoms with E-state index in [2.05, 4.69) is 10.6 Å². The van der Waals surface area contributed by atoms with Crippen molar-refractivity contribution in [1.29, 1.82) is 0 Å². The van der Waals surface area contributed by atoms with Gasteiger partial charge in [-0.25, -0.2) is 4.79 Å². The molecule has 1 aromatic carbocycles. The van der Waals surface area contributed by atoms with Crippen LogP contribution in [0.3, 0.4) is 0 Å². The Labute approximate surface area is 93.6 Å². The summed E-state index contributed by atoms with van der Waals surface area (Å²) in [7, 11) is 3.14. The number of hydrogen-bond acceptors (Lipinski definition) is 2. The van der Waals surface area contributed by atoms with E-state index in [0.29, 0.717) is 17.3 Å². The third kappa shape index (κ3) is 3.32. The molecule has 0 aliphatic heterocycles. The minimum atomic E-state index is -0.239. The van der Waals surface area contributed by atoms with E-state index < -0.39 is 0 Å². The number of methoxy groups -OCH3 is 1. The minimum Gasteiger partial charge on any atom is -0.496 e. The molecular weight excluding hydrogens is 216 g/mol. The van der Waals surface area contributed by atoms with Gasteiger partial charge in [0.15, 0.2) is 0 Å². The number of ether oxygens (including phenoxy) is 1. The Balaban J connectivity index is 2.74. The first kappa shape index (κ1) is 11.7. The summed E-state index contributed by atoms with van der Waals surface area (Å²) < 4.78 is 5.14. The van der Waals surface area contributed by atoms with E-state index in [-0.39, 0.29) is 6.03 Å². The van der Waals surface area contributed by atoms with Crippen molar-refractivity contribution in [3.63, 3.8) is 0 Å². The van der Waals surface area contributed by atoms with Gasteiger partial charge in [-0.05, 0) is 18.2 Å². The molecule has 0 atom stereocenters. The third-order valence-electron chi connectivity index (χ3n) is 1.91. The molecule has 0 aliphatic rings. The topological polar surface area (TPSA) is 50.4 Å². The summed E-state index contributed by atoms with van der Waals surface area (Å²) in [6.45, 7) is 0.378. The van der Waals surface area contributed by atoms with Crippen LogP contribution in [0, 0.1) is 0 Å². The van der Waals surface area contributed by atoms with Crippen LogP contribution in [0.5, 0.6) is 5.75 Å². The Morgan fingerprint density at radius 3 is 2.87 bits per heavy atom. The van der Waals surface area contributed by atoms with Gasteiger partial charge in [0.05, 0.1) is 7.11 Å². The third-order valence-corrected chi connectivity index (χ3v) is 2.14. The van der Waals surface area contributed by atoms with Gasteiger partial charge in [0, 0.05) is 24.2 Å². The lowest BCUT2D eigenvalue weighted by molar-refractivity contribution is 0.242. The largest absolute Gasteiger partial charge is 0.496 e. The summed E-state index contributed by atoms with van der Waals surface area (Å²) >= 11 is 5.84. The second-order valence-electron chi connectivity index (χ2n) is 2.89. The fourth-order valence-corrected chi connectivity index (χ4v) is 1.34. The van der Waals surface area contributed by atoms with E-state index in [9.17, 15) is 4.79 Å². The molecule has 15 heavy (non-hydrogen) atoms. The standard InChI is InChI=1S/C10H13ClN2O2/c1-12-10(14)13-6-7-5-8(11)3-4-9(7)15-2/h3-5H,6H2,1-2H3,(H2,12,13,14). The summed E-state index contributed by atoms with van der Waals surface area (Å²) in [6, 6.07) is 5.03. The van der Waals surface area contributed by atoms with Gasteiger partial charge >= 0.3 is 6.03 Å². The van der Waals surface area contributed by atoms with Gasteiger partial charge in [0.1, 0.15) is 5.75 Å². The van der Waals surface area contributed by atoms with Crippen molar-refractivity contribution in [1.82, 2.24) is 10.6 Å². The number of rotatable bonds is 3. The fourth-order valence-electron chi connectivity index (χ4n) is 1.15. The molecule has 0 fully saturated rings. The van der Waals surface area contributed by atoms with Crippen LogP contribution in [0.2, 0.25) is 5.02 Å². The summed E-state index contributed by atoms with van der Waals surface area (Å²) in [6.07, 6.45) is 0. The maximum absolute atomic E-state index is 11.0. The van der Waals surface area contributed by atoms with Crippen molar-refractivity contribution in [3.05, 3.63) is 28.8 Å². The summed E-state index contributed by atoms with van der Waals surface area (Å²) in [5, 5.41) is 5.74. The highest BCUT2D eigenvalue weighted by Crippen LogP contribution is 2.22. The molecule has 0 aromatic heterocycles. The molecule has 0 heterocycles. The highest BCUT2D eigenvalue weighted by Gasteiger charge is 2.04. The zero-order valence-electron chi connectivity index (χ0n) is 8.63. The van der Waals surface area contributed by atoms with Gasteiger partial charge in [-0.1, -0.05) is 11.6 Å². The SMILES string of the molecule is CNC(=O)NCc1cc(Cl)ccc1OC. The Kier molecular flexibility index (Phi) is 4.24. The molecule has 1 aromatic rings. The second kappa shape index (κ2) is 5.46. The van der Waals surface area contributed by atoms with E-state index in [1.807, 2.05) is 0 Å². The summed E-state index contributed by atoms with van der Waals surface area (Å²) in [5.74, 6) is 0.704. The minimum absolute atomic E-state index is 0.239. The number of benzene rings is 1. The zero-order valence-corrected chi connectivity index (χ0v) is 9.39. The molecule has 1 rings (SSSR count). The van der Waals surface area contributed by atoms with Gasteiger partial charge in [-0.2, -0.15) is 0 Å². The Morgan fingerprint density at radius 1 is 1.53 bits per heavy atom. The first-order valence-corrected chi connectivity index (χ1v) is 4.83. The zero-order chi connectivity index (χ0) is 11.3.